The minimum Gasteiger partial charge on any atom is -0.254 e. The lowest BCUT2D eigenvalue weighted by molar-refractivity contribution is 1.06. The summed E-state index contributed by atoms with van der Waals surface area (Å²) < 4.78 is 0. The van der Waals surface area contributed by atoms with E-state index < -0.39 is 0 Å². The van der Waals surface area contributed by atoms with Gasteiger partial charge in [-0.2, -0.15) is 0 Å². The molecule has 3 aromatic carbocycles. The maximum absolute atomic E-state index is 4.98. The van der Waals surface area contributed by atoms with Gasteiger partial charge in [0.2, 0.25) is 0 Å². The largest absolute Gasteiger partial charge is 0.254 e. The van der Waals surface area contributed by atoms with E-state index in [1.54, 1.807) is 0 Å². The maximum atomic E-state index is 4.98. The molecule has 0 fully saturated rings. The van der Waals surface area contributed by atoms with E-state index in [1.165, 1.54) is 22.3 Å². The van der Waals surface area contributed by atoms with Crippen LogP contribution in [0, 0.1) is 0 Å². The lowest BCUT2D eigenvalue weighted by Crippen LogP contribution is -1.95. The molecule has 28 heavy (non-hydrogen) atoms. The molecular weight excluding hydrogens is 340 g/mol. The number of fused-ring (bicyclic) bond motifs is 3. The van der Waals surface area contributed by atoms with Crippen LogP contribution in [-0.2, 0) is 6.42 Å². The highest BCUT2D eigenvalue weighted by molar-refractivity contribution is 6.11. The van der Waals surface area contributed by atoms with Gasteiger partial charge in [-0.05, 0) is 40.8 Å². The summed E-state index contributed by atoms with van der Waals surface area (Å²) >= 11 is 0. The fourth-order valence-electron chi connectivity index (χ4n) is 3.86. The first-order valence-electron chi connectivity index (χ1n) is 9.67. The number of hydrogen-bond donors (Lipinski definition) is 0. The van der Waals surface area contributed by atoms with Gasteiger partial charge in [0.1, 0.15) is 0 Å². The Balaban J connectivity index is 1.86. The van der Waals surface area contributed by atoms with Crippen molar-refractivity contribution in [1.29, 1.82) is 0 Å². The average molecular weight is 360 g/mol. The molecule has 134 valence electrons. The third kappa shape index (κ3) is 2.74. The Morgan fingerprint density at radius 2 is 1.25 bits per heavy atom. The van der Waals surface area contributed by atoms with E-state index in [-0.39, 0.29) is 0 Å². The first-order valence-corrected chi connectivity index (χ1v) is 9.67. The van der Waals surface area contributed by atoms with Gasteiger partial charge in [-0.1, -0.05) is 79.7 Å². The quantitative estimate of drug-likeness (QED) is 0.335. The van der Waals surface area contributed by atoms with Gasteiger partial charge in [0, 0.05) is 22.7 Å². The molecule has 0 bridgehead atoms. The van der Waals surface area contributed by atoms with Crippen molar-refractivity contribution in [2.75, 3.05) is 0 Å². The van der Waals surface area contributed by atoms with E-state index in [4.69, 9.17) is 9.97 Å². The van der Waals surface area contributed by atoms with Crippen LogP contribution in [0.2, 0.25) is 0 Å². The first-order chi connectivity index (χ1) is 13.8. The molecule has 2 nitrogen and oxygen atoms in total. The summed E-state index contributed by atoms with van der Waals surface area (Å²) in [5.41, 5.74) is 7.85. The molecule has 0 aliphatic carbocycles. The first kappa shape index (κ1) is 16.6. The van der Waals surface area contributed by atoms with E-state index in [0.717, 1.165) is 33.9 Å². The average Bonchev–Trinajstić information content (AvgIpc) is 2.79. The van der Waals surface area contributed by atoms with Crippen LogP contribution < -0.4 is 0 Å². The van der Waals surface area contributed by atoms with Crippen LogP contribution in [0.3, 0.4) is 0 Å². The molecular formula is C26H20N2. The van der Waals surface area contributed by atoms with Gasteiger partial charge in [0.05, 0.1) is 11.0 Å². The molecule has 0 radical (unpaired) electrons. The van der Waals surface area contributed by atoms with Crippen molar-refractivity contribution in [3.8, 4) is 22.3 Å². The Labute approximate surface area is 164 Å². The molecule has 0 unspecified atom stereocenters. The standard InChI is InChI=1S/C26H20N2/c1-2-20-17-24(19-11-7-4-8-12-19)23-14-13-22-21(18-9-5-3-6-10-18)15-16-27-25(22)26(23)28-20/h3-17H,2H2,1H3. The molecule has 0 aliphatic heterocycles. The Bertz CT molecular complexity index is 1280. The third-order valence-electron chi connectivity index (χ3n) is 5.27. The zero-order chi connectivity index (χ0) is 18.9. The lowest BCUT2D eigenvalue weighted by atomic mass is 9.95. The summed E-state index contributed by atoms with van der Waals surface area (Å²) in [6.07, 6.45) is 2.79. The molecule has 2 heterocycles. The second-order valence-electron chi connectivity index (χ2n) is 6.96. The molecule has 0 saturated carbocycles. The van der Waals surface area contributed by atoms with E-state index in [2.05, 4.69) is 85.8 Å². The Morgan fingerprint density at radius 1 is 0.643 bits per heavy atom. The topological polar surface area (TPSA) is 25.8 Å². The SMILES string of the molecule is CCc1cc(-c2ccccc2)c2ccc3c(-c4ccccc4)ccnc3c2n1. The highest BCUT2D eigenvalue weighted by Crippen LogP contribution is 2.35. The van der Waals surface area contributed by atoms with Gasteiger partial charge < -0.3 is 0 Å². The zero-order valence-corrected chi connectivity index (χ0v) is 15.8. The molecule has 0 N–H and O–H groups in total. The molecule has 0 saturated heterocycles. The van der Waals surface area contributed by atoms with Crippen molar-refractivity contribution in [2.45, 2.75) is 13.3 Å². The molecule has 0 amide bonds. The van der Waals surface area contributed by atoms with Crippen LogP contribution in [-0.4, -0.2) is 9.97 Å². The molecule has 0 atom stereocenters. The van der Waals surface area contributed by atoms with E-state index in [1.807, 2.05) is 12.3 Å². The number of aromatic nitrogens is 2. The zero-order valence-electron chi connectivity index (χ0n) is 15.8. The summed E-state index contributed by atoms with van der Waals surface area (Å²) in [4.78, 5) is 9.72. The van der Waals surface area contributed by atoms with Crippen molar-refractivity contribution in [1.82, 2.24) is 9.97 Å². The van der Waals surface area contributed by atoms with Crippen LogP contribution in [0.5, 0.6) is 0 Å². The fourth-order valence-corrected chi connectivity index (χ4v) is 3.86. The van der Waals surface area contributed by atoms with Crippen molar-refractivity contribution >= 4 is 21.8 Å². The number of rotatable bonds is 3. The van der Waals surface area contributed by atoms with Crippen LogP contribution in [0.15, 0.2) is 91.1 Å². The van der Waals surface area contributed by atoms with Crippen LogP contribution >= 0.6 is 0 Å². The Kier molecular flexibility index (Phi) is 4.10. The molecule has 0 spiro atoms. The normalized spacial score (nSPS) is 11.2. The number of nitrogens with zero attached hydrogens (tertiary/aromatic N) is 2. The van der Waals surface area contributed by atoms with Gasteiger partial charge >= 0.3 is 0 Å². The number of hydrogen-bond acceptors (Lipinski definition) is 2. The van der Waals surface area contributed by atoms with Crippen molar-refractivity contribution in [3.63, 3.8) is 0 Å². The molecule has 5 aromatic rings. The fraction of sp³-hybridized carbons (Fsp3) is 0.0769. The number of benzene rings is 3. The Morgan fingerprint density at radius 3 is 1.89 bits per heavy atom. The molecule has 5 rings (SSSR count). The van der Waals surface area contributed by atoms with Gasteiger partial charge in [-0.25, -0.2) is 0 Å². The summed E-state index contributed by atoms with van der Waals surface area (Å²) in [5.74, 6) is 0. The third-order valence-corrected chi connectivity index (χ3v) is 5.27. The Hall–Kier alpha value is -3.52. The minimum absolute atomic E-state index is 0.893. The van der Waals surface area contributed by atoms with Gasteiger partial charge in [0.25, 0.3) is 0 Å². The van der Waals surface area contributed by atoms with Crippen LogP contribution in [0.1, 0.15) is 12.6 Å². The molecule has 0 aliphatic rings. The second kappa shape index (κ2) is 6.90. The predicted molar refractivity (Wildman–Crippen MR) is 117 cm³/mol. The van der Waals surface area contributed by atoms with Crippen molar-refractivity contribution < 1.29 is 0 Å². The minimum atomic E-state index is 0.893. The van der Waals surface area contributed by atoms with E-state index in [0.29, 0.717) is 0 Å². The van der Waals surface area contributed by atoms with Crippen molar-refractivity contribution in [3.05, 3.63) is 96.8 Å². The summed E-state index contributed by atoms with van der Waals surface area (Å²) in [6, 6.07) is 29.7. The number of aryl methyl sites for hydroxylation is 1. The predicted octanol–water partition coefficient (Wildman–Crippen LogP) is 6.68. The lowest BCUT2D eigenvalue weighted by Gasteiger charge is -2.13. The van der Waals surface area contributed by atoms with Gasteiger partial charge in [-0.15, -0.1) is 0 Å². The van der Waals surface area contributed by atoms with Crippen LogP contribution in [0.4, 0.5) is 0 Å². The van der Waals surface area contributed by atoms with E-state index >= 15 is 0 Å². The van der Waals surface area contributed by atoms with Gasteiger partial charge in [-0.3, -0.25) is 9.97 Å². The van der Waals surface area contributed by atoms with E-state index in [9.17, 15) is 0 Å². The highest BCUT2D eigenvalue weighted by Gasteiger charge is 2.13. The molecule has 2 aromatic heterocycles. The summed E-state index contributed by atoms with van der Waals surface area (Å²) in [6.45, 7) is 2.15. The summed E-state index contributed by atoms with van der Waals surface area (Å²) in [5, 5.41) is 2.29. The van der Waals surface area contributed by atoms with Gasteiger partial charge in [0.15, 0.2) is 0 Å². The van der Waals surface area contributed by atoms with Crippen molar-refractivity contribution in [2.24, 2.45) is 0 Å². The smallest absolute Gasteiger partial charge is 0.0974 e. The number of pyridine rings is 2. The highest BCUT2D eigenvalue weighted by atomic mass is 14.8. The maximum Gasteiger partial charge on any atom is 0.0974 e. The molecule has 2 heteroatoms. The van der Waals surface area contributed by atoms with Crippen LogP contribution in [0.25, 0.3) is 44.1 Å². The monoisotopic (exact) mass is 360 g/mol. The summed E-state index contributed by atoms with van der Waals surface area (Å²) in [7, 11) is 0. The second-order valence-corrected chi connectivity index (χ2v) is 6.96.